The zero-order valence-electron chi connectivity index (χ0n) is 17.0. The predicted molar refractivity (Wildman–Crippen MR) is 115 cm³/mol. The molecule has 158 valence electrons. The summed E-state index contributed by atoms with van der Waals surface area (Å²) in [5.74, 6) is -1.91. The van der Waals surface area contributed by atoms with Crippen LogP contribution in [0.5, 0.6) is 5.75 Å². The Morgan fingerprint density at radius 2 is 2.07 bits per heavy atom. The molecule has 0 aliphatic carbocycles. The zero-order valence-corrected chi connectivity index (χ0v) is 17.0. The average molecular weight is 411 g/mol. The van der Waals surface area contributed by atoms with Crippen LogP contribution in [0.25, 0.3) is 0 Å². The molecule has 1 unspecified atom stereocenters. The van der Waals surface area contributed by atoms with Crippen LogP contribution in [0.2, 0.25) is 0 Å². The van der Waals surface area contributed by atoms with Gasteiger partial charge in [0.25, 0.3) is 5.91 Å². The maximum absolute atomic E-state index is 14.5. The van der Waals surface area contributed by atoms with Gasteiger partial charge in [-0.3, -0.25) is 14.7 Å². The normalized spacial score (nSPS) is 12.3. The third-order valence-electron chi connectivity index (χ3n) is 4.74. The summed E-state index contributed by atoms with van der Waals surface area (Å²) >= 11 is 0. The fourth-order valence-electron chi connectivity index (χ4n) is 3.29. The van der Waals surface area contributed by atoms with Crippen molar-refractivity contribution in [3.05, 3.63) is 94.7 Å². The Kier molecular flexibility index (Phi) is 8.29. The van der Waals surface area contributed by atoms with E-state index in [0.717, 1.165) is 11.8 Å². The van der Waals surface area contributed by atoms with E-state index in [9.17, 15) is 19.1 Å². The summed E-state index contributed by atoms with van der Waals surface area (Å²) in [7, 11) is 0. The smallest absolute Gasteiger partial charge is 0.275 e. The first-order valence-corrected chi connectivity index (χ1v) is 9.69. The molecule has 0 bridgehead atoms. The van der Waals surface area contributed by atoms with E-state index in [0.29, 0.717) is 24.9 Å². The number of aromatic hydroxyl groups is 1. The molecule has 0 aliphatic heterocycles. The number of amides is 1. The van der Waals surface area contributed by atoms with Crippen molar-refractivity contribution in [3.63, 3.8) is 0 Å². The number of nitrogens with zero attached hydrogens (tertiary/aromatic N) is 2. The Hall–Kier alpha value is -3.48. The summed E-state index contributed by atoms with van der Waals surface area (Å²) in [5.41, 5.74) is 0.272. The number of aromatic amines is 1. The van der Waals surface area contributed by atoms with Crippen molar-refractivity contribution in [2.75, 3.05) is 13.1 Å². The van der Waals surface area contributed by atoms with Crippen LogP contribution in [-0.2, 0) is 0 Å². The molecule has 0 fully saturated rings. The first kappa shape index (κ1) is 22.8. The second-order valence-corrected chi connectivity index (χ2v) is 6.72. The Morgan fingerprint density at radius 1 is 1.33 bits per heavy atom. The molecule has 2 rings (SSSR count). The lowest BCUT2D eigenvalue weighted by atomic mass is 9.87. The van der Waals surface area contributed by atoms with Crippen LogP contribution in [0.1, 0.15) is 41.7 Å². The van der Waals surface area contributed by atoms with E-state index in [-0.39, 0.29) is 24.0 Å². The number of benzene rings is 1. The molecule has 1 amide bonds. The third kappa shape index (κ3) is 5.31. The minimum atomic E-state index is -0.736. The molecular formula is C23H26FN3O3. The molecule has 1 atom stereocenters. The molecule has 1 aromatic carbocycles. The molecule has 1 aromatic heterocycles. The zero-order chi connectivity index (χ0) is 22.1. The van der Waals surface area contributed by atoms with Gasteiger partial charge >= 0.3 is 0 Å². The second-order valence-electron chi connectivity index (χ2n) is 6.72. The maximum atomic E-state index is 14.5. The predicted octanol–water partition coefficient (Wildman–Crippen LogP) is 3.94. The van der Waals surface area contributed by atoms with Crippen LogP contribution < -0.4 is 5.43 Å². The molecule has 2 aromatic rings. The Bertz CT molecular complexity index is 997. The number of carbonyl (C=O) groups excluding carboxylic acids is 1. The molecule has 0 spiro atoms. The Labute approximate surface area is 175 Å². The quantitative estimate of drug-likeness (QED) is 0.580. The van der Waals surface area contributed by atoms with Gasteiger partial charge in [-0.15, -0.1) is 0 Å². The van der Waals surface area contributed by atoms with Gasteiger partial charge in [-0.05, 0) is 30.0 Å². The molecule has 30 heavy (non-hydrogen) atoms. The van der Waals surface area contributed by atoms with Gasteiger partial charge in [-0.2, -0.15) is 5.10 Å². The molecule has 0 radical (unpaired) electrons. The van der Waals surface area contributed by atoms with E-state index in [1.165, 1.54) is 11.0 Å². The highest BCUT2D eigenvalue weighted by Crippen LogP contribution is 2.31. The van der Waals surface area contributed by atoms with Crippen molar-refractivity contribution in [2.45, 2.75) is 25.7 Å². The lowest BCUT2D eigenvalue weighted by Gasteiger charge is -2.26. The highest BCUT2D eigenvalue weighted by atomic mass is 19.1. The summed E-state index contributed by atoms with van der Waals surface area (Å²) in [6.07, 6.45) is 7.00. The fourth-order valence-corrected chi connectivity index (χ4v) is 3.29. The minimum Gasteiger partial charge on any atom is -0.502 e. The molecule has 0 saturated heterocycles. The fraction of sp³-hybridized carbons (Fsp3) is 0.261. The van der Waals surface area contributed by atoms with Crippen molar-refractivity contribution in [1.29, 1.82) is 0 Å². The highest BCUT2D eigenvalue weighted by Gasteiger charge is 2.24. The molecule has 6 nitrogen and oxygen atoms in total. The number of H-pyrrole nitrogens is 1. The number of hydrogen-bond acceptors (Lipinski definition) is 4. The number of aromatic nitrogens is 2. The number of nitrogens with one attached hydrogen (secondary N) is 1. The monoisotopic (exact) mass is 411 g/mol. The Morgan fingerprint density at radius 3 is 2.70 bits per heavy atom. The van der Waals surface area contributed by atoms with Gasteiger partial charge in [-0.1, -0.05) is 56.5 Å². The van der Waals surface area contributed by atoms with Crippen LogP contribution in [-0.4, -0.2) is 39.2 Å². The summed E-state index contributed by atoms with van der Waals surface area (Å²) < 4.78 is 14.5. The van der Waals surface area contributed by atoms with E-state index >= 15 is 0 Å². The molecule has 0 aliphatic rings. The van der Waals surface area contributed by atoms with Crippen LogP contribution in [0.15, 0.2) is 72.2 Å². The summed E-state index contributed by atoms with van der Waals surface area (Å²) in [6.45, 7) is 10.1. The number of rotatable bonds is 10. The van der Waals surface area contributed by atoms with Crippen molar-refractivity contribution in [2.24, 2.45) is 0 Å². The van der Waals surface area contributed by atoms with Gasteiger partial charge in [0.05, 0.1) is 6.20 Å². The van der Waals surface area contributed by atoms with Gasteiger partial charge in [-0.25, -0.2) is 4.39 Å². The van der Waals surface area contributed by atoms with Gasteiger partial charge in [0, 0.05) is 19.0 Å². The van der Waals surface area contributed by atoms with E-state index in [2.05, 4.69) is 23.4 Å². The molecule has 7 heteroatoms. The van der Waals surface area contributed by atoms with E-state index < -0.39 is 17.1 Å². The summed E-state index contributed by atoms with van der Waals surface area (Å²) in [4.78, 5) is 26.1. The number of hydrogen-bond donors (Lipinski definition) is 2. The summed E-state index contributed by atoms with van der Waals surface area (Å²) in [6, 6.07) is 6.48. The van der Waals surface area contributed by atoms with E-state index in [1.807, 2.05) is 6.92 Å². The standard InChI is InChI=1S/C23H26FN3O3/c1-4-9-16(6-3)17(18-10-7-8-11-19(18)24)12-14-27(13-5-2)23(30)21-22(29)20(28)15-25-26-21/h4,6-11,15,17H,1,3,5,12-14H2,2H3,(H,25,29)(H,26,28)/b16-9+. The van der Waals surface area contributed by atoms with Crippen LogP contribution in [0.4, 0.5) is 4.39 Å². The van der Waals surface area contributed by atoms with Crippen molar-refractivity contribution in [3.8, 4) is 5.75 Å². The second kappa shape index (κ2) is 10.9. The maximum Gasteiger partial charge on any atom is 0.275 e. The van der Waals surface area contributed by atoms with E-state index in [4.69, 9.17) is 0 Å². The topological polar surface area (TPSA) is 86.3 Å². The first-order chi connectivity index (χ1) is 14.4. The molecule has 0 saturated carbocycles. The highest BCUT2D eigenvalue weighted by molar-refractivity contribution is 5.94. The van der Waals surface area contributed by atoms with Crippen LogP contribution >= 0.6 is 0 Å². The Balaban J connectivity index is 2.35. The SMILES string of the molecule is C=C/C=C(\C=C)C(CCN(CCC)C(=O)c1[nH]ncc(=O)c1O)c1ccccc1F. The van der Waals surface area contributed by atoms with Crippen molar-refractivity contribution >= 4 is 5.91 Å². The van der Waals surface area contributed by atoms with Gasteiger partial charge in [0.15, 0.2) is 11.4 Å². The van der Waals surface area contributed by atoms with Crippen molar-refractivity contribution < 1.29 is 14.3 Å². The molecule has 1 heterocycles. The number of carbonyl (C=O) groups is 1. The van der Waals surface area contributed by atoms with Gasteiger partial charge < -0.3 is 10.0 Å². The van der Waals surface area contributed by atoms with Gasteiger partial charge in [0.1, 0.15) is 5.82 Å². The minimum absolute atomic E-state index is 0.260. The first-order valence-electron chi connectivity index (χ1n) is 9.69. The lowest BCUT2D eigenvalue weighted by molar-refractivity contribution is 0.0741. The molecule has 2 N–H and O–H groups in total. The van der Waals surface area contributed by atoms with Gasteiger partial charge in [0.2, 0.25) is 5.43 Å². The number of halogens is 1. The molecular weight excluding hydrogens is 385 g/mol. The largest absolute Gasteiger partial charge is 0.502 e. The van der Waals surface area contributed by atoms with Crippen LogP contribution in [0.3, 0.4) is 0 Å². The number of allylic oxidation sites excluding steroid dienone is 4. The van der Waals surface area contributed by atoms with Crippen LogP contribution in [0, 0.1) is 5.82 Å². The van der Waals surface area contributed by atoms with Crippen molar-refractivity contribution in [1.82, 2.24) is 15.1 Å². The van der Waals surface area contributed by atoms with E-state index in [1.54, 1.807) is 36.4 Å². The third-order valence-corrected chi connectivity index (χ3v) is 4.74. The summed E-state index contributed by atoms with van der Waals surface area (Å²) in [5, 5.41) is 16.0. The average Bonchev–Trinajstić information content (AvgIpc) is 2.74. The lowest BCUT2D eigenvalue weighted by Crippen LogP contribution is -2.35.